The van der Waals surface area contributed by atoms with Gasteiger partial charge in [-0.3, -0.25) is 4.79 Å². The van der Waals surface area contributed by atoms with E-state index in [0.717, 1.165) is 25.7 Å². The van der Waals surface area contributed by atoms with E-state index in [-0.39, 0.29) is 11.5 Å². The highest BCUT2D eigenvalue weighted by atomic mass is 16.3. The van der Waals surface area contributed by atoms with E-state index in [9.17, 15) is 9.90 Å². The molecule has 2 saturated carbocycles. The van der Waals surface area contributed by atoms with Crippen molar-refractivity contribution in [3.8, 4) is 0 Å². The molecule has 2 heteroatoms. The molecule has 1 N–H and O–H groups in total. The predicted octanol–water partition coefficient (Wildman–Crippen LogP) is 1.52. The predicted molar refractivity (Wildman–Crippen MR) is 45.7 cm³/mol. The van der Waals surface area contributed by atoms with Crippen LogP contribution in [0.15, 0.2) is 0 Å². The first-order chi connectivity index (χ1) is 5.60. The van der Waals surface area contributed by atoms with Crippen LogP contribution in [0.1, 0.15) is 39.0 Å². The maximum atomic E-state index is 11.2. The molecule has 0 aromatic heterocycles. The fourth-order valence-electron chi connectivity index (χ4n) is 2.79. The second-order valence-electron chi connectivity index (χ2n) is 4.70. The van der Waals surface area contributed by atoms with E-state index in [4.69, 9.17) is 0 Å². The summed E-state index contributed by atoms with van der Waals surface area (Å²) in [5.74, 6) is 0.866. The van der Waals surface area contributed by atoms with Crippen molar-refractivity contribution in [3.63, 3.8) is 0 Å². The quantitative estimate of drug-likeness (QED) is 0.595. The summed E-state index contributed by atoms with van der Waals surface area (Å²) in [6.07, 6.45) is 4.10. The van der Waals surface area contributed by atoms with Crippen molar-refractivity contribution >= 4 is 5.78 Å². The minimum Gasteiger partial charge on any atom is -0.393 e. The average molecular weight is 168 g/mol. The van der Waals surface area contributed by atoms with Crippen molar-refractivity contribution in [2.24, 2.45) is 11.3 Å². The Hall–Kier alpha value is -0.370. The number of fused-ring (bicyclic) bond motifs is 1. The zero-order valence-electron chi connectivity index (χ0n) is 7.55. The molecule has 68 valence electrons. The highest BCUT2D eigenvalue weighted by molar-refractivity contribution is 5.82. The van der Waals surface area contributed by atoms with Gasteiger partial charge in [0.15, 0.2) is 0 Å². The largest absolute Gasteiger partial charge is 0.393 e. The van der Waals surface area contributed by atoms with Crippen molar-refractivity contribution in [3.05, 3.63) is 0 Å². The van der Waals surface area contributed by atoms with Crippen molar-refractivity contribution in [1.29, 1.82) is 0 Å². The summed E-state index contributed by atoms with van der Waals surface area (Å²) in [7, 11) is 0. The molecule has 2 fully saturated rings. The van der Waals surface area contributed by atoms with E-state index in [2.05, 4.69) is 6.92 Å². The molecule has 0 heterocycles. The molecular weight excluding hydrogens is 152 g/mol. The van der Waals surface area contributed by atoms with E-state index < -0.39 is 0 Å². The van der Waals surface area contributed by atoms with E-state index >= 15 is 0 Å². The molecule has 2 nitrogen and oxygen atoms in total. The minimum absolute atomic E-state index is 0.144. The van der Waals surface area contributed by atoms with E-state index in [1.54, 1.807) is 0 Å². The number of Topliss-reactive ketones (excluding diaryl/α,β-unsaturated/α-hetero) is 1. The molecule has 0 spiro atoms. The minimum atomic E-state index is -0.144. The number of rotatable bonds is 0. The number of hydrogen-bond donors (Lipinski definition) is 1. The molecule has 0 aromatic rings. The van der Waals surface area contributed by atoms with Gasteiger partial charge in [-0.25, -0.2) is 0 Å². The van der Waals surface area contributed by atoms with Crippen molar-refractivity contribution < 1.29 is 9.90 Å². The van der Waals surface area contributed by atoms with Gasteiger partial charge in [0.25, 0.3) is 0 Å². The van der Waals surface area contributed by atoms with Crippen molar-refractivity contribution in [2.45, 2.75) is 45.1 Å². The summed E-state index contributed by atoms with van der Waals surface area (Å²) in [5, 5.41) is 9.45. The van der Waals surface area contributed by atoms with Crippen LogP contribution in [0.5, 0.6) is 0 Å². The Morgan fingerprint density at radius 2 is 2.33 bits per heavy atom. The Labute approximate surface area is 73.0 Å². The van der Waals surface area contributed by atoms with Crippen LogP contribution in [0.3, 0.4) is 0 Å². The second kappa shape index (κ2) is 2.56. The highest BCUT2D eigenvalue weighted by Gasteiger charge is 2.46. The number of aliphatic hydroxyl groups excluding tert-OH is 1. The lowest BCUT2D eigenvalue weighted by Crippen LogP contribution is -2.32. The fraction of sp³-hybridized carbons (Fsp3) is 0.900. The van der Waals surface area contributed by atoms with Crippen LogP contribution in [0.4, 0.5) is 0 Å². The highest BCUT2D eigenvalue weighted by Crippen LogP contribution is 2.50. The lowest BCUT2D eigenvalue weighted by Gasteiger charge is -2.37. The Morgan fingerprint density at radius 3 is 3.08 bits per heavy atom. The van der Waals surface area contributed by atoms with Crippen LogP contribution >= 0.6 is 0 Å². The Kier molecular flexibility index (Phi) is 1.76. The third kappa shape index (κ3) is 1.18. The molecule has 2 rings (SSSR count). The Balaban J connectivity index is 2.15. The maximum Gasteiger partial charge on any atom is 0.133 e. The van der Waals surface area contributed by atoms with Gasteiger partial charge in [-0.2, -0.15) is 0 Å². The zero-order valence-corrected chi connectivity index (χ0v) is 7.55. The number of carbonyl (C=O) groups excluding carboxylic acids is 1. The van der Waals surface area contributed by atoms with E-state index in [1.165, 1.54) is 0 Å². The van der Waals surface area contributed by atoms with Crippen LogP contribution in [-0.4, -0.2) is 17.0 Å². The van der Waals surface area contributed by atoms with Gasteiger partial charge in [0.2, 0.25) is 0 Å². The molecule has 12 heavy (non-hydrogen) atoms. The molecule has 2 aliphatic rings. The Bertz CT molecular complexity index is 212. The van der Waals surface area contributed by atoms with Gasteiger partial charge >= 0.3 is 0 Å². The van der Waals surface area contributed by atoms with Gasteiger partial charge in [-0.1, -0.05) is 6.92 Å². The van der Waals surface area contributed by atoms with Gasteiger partial charge < -0.3 is 5.11 Å². The topological polar surface area (TPSA) is 37.3 Å². The molecule has 0 bridgehead atoms. The van der Waals surface area contributed by atoms with E-state index in [0.29, 0.717) is 18.1 Å². The second-order valence-corrected chi connectivity index (χ2v) is 4.70. The Morgan fingerprint density at radius 1 is 1.58 bits per heavy atom. The van der Waals surface area contributed by atoms with Gasteiger partial charge in [-0.15, -0.1) is 0 Å². The standard InChI is InChI=1S/C10H16O2/c1-10-3-2-8(11)4-7(10)5-9(12)6-10/h7-8,11H,2-6H2,1H3/t7-,8+,10-/m1/s1. The van der Waals surface area contributed by atoms with Gasteiger partial charge in [0.1, 0.15) is 5.78 Å². The normalized spacial score (nSPS) is 47.7. The number of hydrogen-bond acceptors (Lipinski definition) is 2. The maximum absolute atomic E-state index is 11.2. The summed E-state index contributed by atoms with van der Waals surface area (Å²) in [6, 6.07) is 0. The monoisotopic (exact) mass is 168 g/mol. The summed E-state index contributed by atoms with van der Waals surface area (Å²) in [6.45, 7) is 2.20. The smallest absolute Gasteiger partial charge is 0.133 e. The third-order valence-electron chi connectivity index (χ3n) is 3.67. The summed E-state index contributed by atoms with van der Waals surface area (Å²) in [4.78, 5) is 11.2. The summed E-state index contributed by atoms with van der Waals surface area (Å²) < 4.78 is 0. The molecule has 0 radical (unpaired) electrons. The van der Waals surface area contributed by atoms with Crippen molar-refractivity contribution in [1.82, 2.24) is 0 Å². The van der Waals surface area contributed by atoms with Crippen LogP contribution in [0.25, 0.3) is 0 Å². The fourth-order valence-corrected chi connectivity index (χ4v) is 2.79. The molecular formula is C10H16O2. The van der Waals surface area contributed by atoms with Gasteiger partial charge in [0.05, 0.1) is 6.10 Å². The van der Waals surface area contributed by atoms with Crippen LogP contribution in [-0.2, 0) is 4.79 Å². The average Bonchev–Trinajstić information content (AvgIpc) is 2.24. The first-order valence-electron chi connectivity index (χ1n) is 4.80. The van der Waals surface area contributed by atoms with Gasteiger partial charge in [-0.05, 0) is 30.6 Å². The molecule has 0 unspecified atom stereocenters. The van der Waals surface area contributed by atoms with Crippen LogP contribution in [0, 0.1) is 11.3 Å². The molecule has 0 amide bonds. The molecule has 3 atom stereocenters. The number of carbonyl (C=O) groups is 1. The molecule has 0 aliphatic heterocycles. The first kappa shape index (κ1) is 8.24. The zero-order chi connectivity index (χ0) is 8.77. The SMILES string of the molecule is C[C@]12CC[C@H](O)C[C@@H]1CC(=O)C2. The van der Waals surface area contributed by atoms with E-state index in [1.807, 2.05) is 0 Å². The first-order valence-corrected chi connectivity index (χ1v) is 4.80. The lowest BCUT2D eigenvalue weighted by molar-refractivity contribution is -0.118. The third-order valence-corrected chi connectivity index (χ3v) is 3.67. The van der Waals surface area contributed by atoms with Crippen LogP contribution in [0.2, 0.25) is 0 Å². The lowest BCUT2D eigenvalue weighted by atomic mass is 9.69. The molecule has 2 aliphatic carbocycles. The van der Waals surface area contributed by atoms with Crippen molar-refractivity contribution in [2.75, 3.05) is 0 Å². The summed E-state index contributed by atoms with van der Waals surface area (Å²) >= 11 is 0. The summed E-state index contributed by atoms with van der Waals surface area (Å²) in [5.41, 5.74) is 0.232. The molecule has 0 aromatic carbocycles. The molecule has 0 saturated heterocycles. The van der Waals surface area contributed by atoms with Crippen LogP contribution < -0.4 is 0 Å². The number of aliphatic hydroxyl groups is 1. The van der Waals surface area contributed by atoms with Gasteiger partial charge in [0, 0.05) is 12.8 Å². The number of ketones is 1.